The number of anilines is 1. The highest BCUT2D eigenvalue weighted by atomic mass is 35.5. The van der Waals surface area contributed by atoms with E-state index in [0.29, 0.717) is 38.2 Å². The number of nitrogens with one attached hydrogen (secondary N) is 1. The van der Waals surface area contributed by atoms with Gasteiger partial charge in [0.05, 0.1) is 11.3 Å². The van der Waals surface area contributed by atoms with Gasteiger partial charge >= 0.3 is 0 Å². The van der Waals surface area contributed by atoms with Crippen molar-refractivity contribution in [2.75, 3.05) is 11.1 Å². The van der Waals surface area contributed by atoms with Crippen LogP contribution in [-0.4, -0.2) is 32.3 Å². The number of thiophene rings is 1. The summed E-state index contributed by atoms with van der Waals surface area (Å²) in [4.78, 5) is 26.0. The molecule has 2 heterocycles. The van der Waals surface area contributed by atoms with Crippen molar-refractivity contribution in [3.8, 4) is 5.75 Å². The smallest absolute Gasteiger partial charge is 0.251 e. The average molecular weight is 534 g/mol. The van der Waals surface area contributed by atoms with Gasteiger partial charge in [0.2, 0.25) is 5.91 Å². The Balaban J connectivity index is 1.39. The molecule has 2 aromatic heterocycles. The molecule has 3 N–H and O–H groups in total. The molecule has 8 nitrogen and oxygen atoms in total. The number of aromatic nitrogens is 3. The van der Waals surface area contributed by atoms with E-state index in [1.165, 1.54) is 23.1 Å². The second kappa shape index (κ2) is 10.6. The van der Waals surface area contributed by atoms with Crippen molar-refractivity contribution in [3.63, 3.8) is 0 Å². The van der Waals surface area contributed by atoms with E-state index in [4.69, 9.17) is 22.1 Å². The standard InChI is InChI=1S/C24H28ClN5O3S2/c1-12-5-7-16-18(9-12)35-23(20(16)21(26)32)27-19(31)11-34-24-29-28-22(30(24)4)14(3)33-15-6-8-17(25)13(2)10-15/h6,8,10,12,14H,5,7,9,11H2,1-4H3,(H2,26,32)(H,27,31). The molecule has 0 aliphatic heterocycles. The molecule has 2 unspecified atom stereocenters. The van der Waals surface area contributed by atoms with E-state index < -0.39 is 5.91 Å². The minimum absolute atomic E-state index is 0.120. The zero-order valence-corrected chi connectivity index (χ0v) is 22.4. The molecule has 0 saturated carbocycles. The summed E-state index contributed by atoms with van der Waals surface area (Å²) in [7, 11) is 1.84. The SMILES string of the molecule is Cc1cc(OC(C)c2nnc(SCC(=O)Nc3sc4c(c3C(N)=O)CCC(C)C4)n2C)ccc1Cl. The van der Waals surface area contributed by atoms with Crippen molar-refractivity contribution in [3.05, 3.63) is 50.6 Å². The van der Waals surface area contributed by atoms with Crippen LogP contribution in [-0.2, 0) is 24.7 Å². The lowest BCUT2D eigenvalue weighted by molar-refractivity contribution is -0.113. The Hall–Kier alpha value is -2.56. The summed E-state index contributed by atoms with van der Waals surface area (Å²) in [6.45, 7) is 6.00. The molecule has 3 aromatic rings. The number of rotatable bonds is 8. The number of nitrogens with zero attached hydrogens (tertiary/aromatic N) is 3. The van der Waals surface area contributed by atoms with E-state index >= 15 is 0 Å². The summed E-state index contributed by atoms with van der Waals surface area (Å²) in [5, 5.41) is 13.2. The Bertz CT molecular complexity index is 1270. The lowest BCUT2D eigenvalue weighted by Crippen LogP contribution is -2.20. The van der Waals surface area contributed by atoms with Gasteiger partial charge in [-0.1, -0.05) is 30.3 Å². The quantitative estimate of drug-likeness (QED) is 0.397. The van der Waals surface area contributed by atoms with Gasteiger partial charge in [-0.2, -0.15) is 0 Å². The van der Waals surface area contributed by atoms with Gasteiger partial charge in [-0.25, -0.2) is 0 Å². The molecule has 186 valence electrons. The molecule has 0 fully saturated rings. The van der Waals surface area contributed by atoms with Crippen LogP contribution in [0, 0.1) is 12.8 Å². The van der Waals surface area contributed by atoms with Crippen molar-refractivity contribution in [1.82, 2.24) is 14.8 Å². The van der Waals surface area contributed by atoms with Gasteiger partial charge in [0.1, 0.15) is 10.8 Å². The summed E-state index contributed by atoms with van der Waals surface area (Å²) in [5.41, 5.74) is 8.03. The molecule has 0 bridgehead atoms. The van der Waals surface area contributed by atoms with Gasteiger partial charge < -0.3 is 20.4 Å². The van der Waals surface area contributed by atoms with E-state index in [1.807, 2.05) is 37.6 Å². The van der Waals surface area contributed by atoms with E-state index in [2.05, 4.69) is 22.4 Å². The maximum Gasteiger partial charge on any atom is 0.251 e. The third kappa shape index (κ3) is 5.65. The van der Waals surface area contributed by atoms with Gasteiger partial charge in [-0.3, -0.25) is 9.59 Å². The van der Waals surface area contributed by atoms with Crippen LogP contribution < -0.4 is 15.8 Å². The van der Waals surface area contributed by atoms with Crippen LogP contribution in [0.5, 0.6) is 5.75 Å². The van der Waals surface area contributed by atoms with E-state index in [9.17, 15) is 9.59 Å². The lowest BCUT2D eigenvalue weighted by Gasteiger charge is -2.18. The molecule has 1 aliphatic carbocycles. The number of hydrogen-bond donors (Lipinski definition) is 2. The van der Waals surface area contributed by atoms with Crippen molar-refractivity contribution >= 4 is 51.5 Å². The summed E-state index contributed by atoms with van der Waals surface area (Å²) < 4.78 is 7.82. The third-order valence-corrected chi connectivity index (χ3v) is 8.63. The minimum atomic E-state index is -0.497. The van der Waals surface area contributed by atoms with Gasteiger partial charge in [0.25, 0.3) is 5.91 Å². The Morgan fingerprint density at radius 2 is 2.17 bits per heavy atom. The van der Waals surface area contributed by atoms with E-state index in [-0.39, 0.29) is 17.8 Å². The van der Waals surface area contributed by atoms with Gasteiger partial charge in [0.15, 0.2) is 17.1 Å². The number of benzene rings is 1. The number of amides is 2. The maximum atomic E-state index is 12.7. The first-order valence-corrected chi connectivity index (χ1v) is 13.5. The van der Waals surface area contributed by atoms with Crippen molar-refractivity contribution in [2.24, 2.45) is 18.7 Å². The molecule has 1 aliphatic rings. The minimum Gasteiger partial charge on any atom is -0.483 e. The number of halogens is 1. The topological polar surface area (TPSA) is 112 Å². The van der Waals surface area contributed by atoms with Crippen molar-refractivity contribution in [1.29, 1.82) is 0 Å². The van der Waals surface area contributed by atoms with Gasteiger partial charge in [-0.15, -0.1) is 21.5 Å². The van der Waals surface area contributed by atoms with Crippen LogP contribution in [0.1, 0.15) is 58.6 Å². The highest BCUT2D eigenvalue weighted by Gasteiger charge is 2.27. The van der Waals surface area contributed by atoms with Crippen LogP contribution in [0.25, 0.3) is 0 Å². The zero-order chi connectivity index (χ0) is 25.3. The highest BCUT2D eigenvalue weighted by molar-refractivity contribution is 7.99. The number of aryl methyl sites for hydroxylation is 1. The molecule has 4 rings (SSSR count). The fourth-order valence-corrected chi connectivity index (χ4v) is 6.41. The summed E-state index contributed by atoms with van der Waals surface area (Å²) in [5.74, 6) is 1.28. The first-order chi connectivity index (χ1) is 16.6. The van der Waals surface area contributed by atoms with Crippen LogP contribution >= 0.6 is 34.7 Å². The predicted octanol–water partition coefficient (Wildman–Crippen LogP) is 4.93. The number of primary amides is 1. The second-order valence-corrected chi connectivity index (χ2v) is 11.3. The Morgan fingerprint density at radius 3 is 2.89 bits per heavy atom. The van der Waals surface area contributed by atoms with Gasteiger partial charge in [0, 0.05) is 16.9 Å². The molecule has 11 heteroatoms. The predicted molar refractivity (Wildman–Crippen MR) is 140 cm³/mol. The Kier molecular flexibility index (Phi) is 7.73. The van der Waals surface area contributed by atoms with Gasteiger partial charge in [-0.05, 0) is 68.4 Å². The number of carbonyl (C=O) groups excluding carboxylic acids is 2. The van der Waals surface area contributed by atoms with Crippen molar-refractivity contribution in [2.45, 2.75) is 51.3 Å². The number of carbonyl (C=O) groups is 2. The number of nitrogens with two attached hydrogens (primary N) is 1. The summed E-state index contributed by atoms with van der Waals surface area (Å²) in [6, 6.07) is 5.48. The molecule has 2 amide bonds. The van der Waals surface area contributed by atoms with Crippen LogP contribution in [0.2, 0.25) is 5.02 Å². The monoisotopic (exact) mass is 533 g/mol. The second-order valence-electron chi connectivity index (χ2n) is 8.83. The Labute approximate surface area is 217 Å². The highest BCUT2D eigenvalue weighted by Crippen LogP contribution is 2.39. The maximum absolute atomic E-state index is 12.7. The largest absolute Gasteiger partial charge is 0.483 e. The molecule has 2 atom stereocenters. The summed E-state index contributed by atoms with van der Waals surface area (Å²) in [6.07, 6.45) is 2.38. The van der Waals surface area contributed by atoms with Crippen LogP contribution in [0.3, 0.4) is 0 Å². The molecule has 0 spiro atoms. The average Bonchev–Trinajstić information content (AvgIpc) is 3.34. The Morgan fingerprint density at radius 1 is 1.40 bits per heavy atom. The molecule has 35 heavy (non-hydrogen) atoms. The first kappa shape index (κ1) is 25.5. The number of thioether (sulfide) groups is 1. The number of fused-ring (bicyclic) bond motifs is 1. The normalized spacial score (nSPS) is 16.0. The fraction of sp³-hybridized carbons (Fsp3) is 0.417. The van der Waals surface area contributed by atoms with Crippen LogP contribution in [0.15, 0.2) is 23.4 Å². The van der Waals surface area contributed by atoms with Crippen LogP contribution in [0.4, 0.5) is 5.00 Å². The lowest BCUT2D eigenvalue weighted by atomic mass is 9.88. The molecule has 0 radical (unpaired) electrons. The third-order valence-electron chi connectivity index (χ3n) is 6.02. The zero-order valence-electron chi connectivity index (χ0n) is 20.1. The number of hydrogen-bond acceptors (Lipinski definition) is 7. The van der Waals surface area contributed by atoms with E-state index in [1.54, 1.807) is 6.07 Å². The molecule has 0 saturated heterocycles. The first-order valence-electron chi connectivity index (χ1n) is 11.3. The molecular weight excluding hydrogens is 506 g/mol. The summed E-state index contributed by atoms with van der Waals surface area (Å²) >= 11 is 8.81. The van der Waals surface area contributed by atoms with Crippen molar-refractivity contribution < 1.29 is 14.3 Å². The fourth-order valence-electron chi connectivity index (χ4n) is 4.15. The molecular formula is C24H28ClN5O3S2. The van der Waals surface area contributed by atoms with E-state index in [0.717, 1.165) is 35.3 Å². The number of ether oxygens (including phenoxy) is 1. The molecule has 1 aromatic carbocycles.